The van der Waals surface area contributed by atoms with Crippen molar-refractivity contribution in [1.29, 1.82) is 0 Å². The van der Waals surface area contributed by atoms with Gasteiger partial charge >= 0.3 is 5.97 Å². The first-order valence-corrected chi connectivity index (χ1v) is 10.3. The smallest absolute Gasteiger partial charge is 0.340 e. The number of esters is 1. The molecule has 0 saturated carbocycles. The molecule has 0 aliphatic rings. The largest absolute Gasteiger partial charge is 0.452 e. The third-order valence-electron chi connectivity index (χ3n) is 4.41. The summed E-state index contributed by atoms with van der Waals surface area (Å²) in [7, 11) is 0. The zero-order valence-corrected chi connectivity index (χ0v) is 18.7. The molecular formula is C24H21BrN2O4. The third-order valence-corrected chi connectivity index (χ3v) is 5.06. The van der Waals surface area contributed by atoms with Crippen molar-refractivity contribution in [2.45, 2.75) is 13.8 Å². The molecule has 3 rings (SSSR count). The maximum absolute atomic E-state index is 12.5. The van der Waals surface area contributed by atoms with Gasteiger partial charge in [-0.1, -0.05) is 35.9 Å². The Kier molecular flexibility index (Phi) is 7.20. The summed E-state index contributed by atoms with van der Waals surface area (Å²) in [4.78, 5) is 37.3. The van der Waals surface area contributed by atoms with Crippen molar-refractivity contribution in [3.63, 3.8) is 0 Å². The van der Waals surface area contributed by atoms with Gasteiger partial charge in [0.15, 0.2) is 6.61 Å². The number of rotatable bonds is 6. The molecule has 0 bridgehead atoms. The molecule has 3 aromatic rings. The lowest BCUT2D eigenvalue weighted by Gasteiger charge is -2.12. The normalized spacial score (nSPS) is 10.3. The van der Waals surface area contributed by atoms with E-state index in [0.717, 1.165) is 15.6 Å². The zero-order chi connectivity index (χ0) is 22.4. The first-order valence-electron chi connectivity index (χ1n) is 9.53. The third kappa shape index (κ3) is 6.02. The van der Waals surface area contributed by atoms with Crippen molar-refractivity contribution >= 4 is 45.1 Å². The molecule has 7 heteroatoms. The lowest BCUT2D eigenvalue weighted by atomic mass is 10.1. The Labute approximate surface area is 188 Å². The molecule has 0 unspecified atom stereocenters. The van der Waals surface area contributed by atoms with Crippen molar-refractivity contribution < 1.29 is 19.1 Å². The maximum Gasteiger partial charge on any atom is 0.340 e. The number of halogens is 1. The van der Waals surface area contributed by atoms with E-state index in [9.17, 15) is 14.4 Å². The van der Waals surface area contributed by atoms with Crippen LogP contribution in [-0.4, -0.2) is 24.4 Å². The van der Waals surface area contributed by atoms with Gasteiger partial charge in [-0.3, -0.25) is 9.59 Å². The van der Waals surface area contributed by atoms with E-state index in [4.69, 9.17) is 4.74 Å². The van der Waals surface area contributed by atoms with Crippen molar-refractivity contribution in [3.8, 4) is 0 Å². The van der Waals surface area contributed by atoms with Crippen LogP contribution in [0.15, 0.2) is 71.2 Å². The number of benzene rings is 3. The van der Waals surface area contributed by atoms with Crippen LogP contribution in [-0.2, 0) is 9.53 Å². The fraction of sp³-hybridized carbons (Fsp3) is 0.125. The van der Waals surface area contributed by atoms with Crippen LogP contribution in [0.2, 0.25) is 0 Å². The number of ether oxygens (including phenoxy) is 1. The van der Waals surface area contributed by atoms with Crippen molar-refractivity contribution in [3.05, 3.63) is 93.5 Å². The lowest BCUT2D eigenvalue weighted by Crippen LogP contribution is -2.22. The van der Waals surface area contributed by atoms with E-state index in [1.54, 1.807) is 42.5 Å². The van der Waals surface area contributed by atoms with Crippen LogP contribution in [0.25, 0.3) is 0 Å². The van der Waals surface area contributed by atoms with E-state index in [2.05, 4.69) is 26.6 Å². The maximum atomic E-state index is 12.5. The number of carbonyl (C=O) groups is 3. The van der Waals surface area contributed by atoms with Crippen LogP contribution in [0.4, 0.5) is 11.4 Å². The summed E-state index contributed by atoms with van der Waals surface area (Å²) >= 11 is 3.39. The number of para-hydroxylation sites is 1. The number of anilines is 2. The predicted octanol–water partition coefficient (Wildman–Crippen LogP) is 5.11. The molecule has 0 atom stereocenters. The fourth-order valence-electron chi connectivity index (χ4n) is 2.87. The molecule has 0 aliphatic carbocycles. The molecule has 2 amide bonds. The molecule has 0 radical (unpaired) electrons. The minimum atomic E-state index is -0.710. The number of amides is 2. The molecular weight excluding hydrogens is 460 g/mol. The molecule has 6 nitrogen and oxygen atoms in total. The quantitative estimate of drug-likeness (QED) is 0.479. The molecule has 0 spiro atoms. The van der Waals surface area contributed by atoms with Gasteiger partial charge in [0.05, 0.1) is 16.9 Å². The number of hydrogen-bond acceptors (Lipinski definition) is 4. The van der Waals surface area contributed by atoms with Gasteiger partial charge in [-0.05, 0) is 71.7 Å². The summed E-state index contributed by atoms with van der Waals surface area (Å²) in [5.74, 6) is -1.52. The highest BCUT2D eigenvalue weighted by Crippen LogP contribution is 2.23. The Balaban J connectivity index is 1.64. The number of hydrogen-bond donors (Lipinski definition) is 2. The van der Waals surface area contributed by atoms with E-state index in [0.29, 0.717) is 16.9 Å². The predicted molar refractivity (Wildman–Crippen MR) is 123 cm³/mol. The molecule has 0 saturated heterocycles. The molecule has 0 aromatic heterocycles. The van der Waals surface area contributed by atoms with Gasteiger partial charge in [0, 0.05) is 10.0 Å². The second-order valence-corrected chi connectivity index (χ2v) is 7.83. The van der Waals surface area contributed by atoms with E-state index in [-0.39, 0.29) is 11.5 Å². The number of aryl methyl sites for hydroxylation is 2. The molecule has 0 aliphatic heterocycles. The number of nitrogens with one attached hydrogen (secondary N) is 2. The molecule has 2 N–H and O–H groups in total. The average Bonchev–Trinajstić information content (AvgIpc) is 2.74. The Morgan fingerprint density at radius 2 is 1.58 bits per heavy atom. The van der Waals surface area contributed by atoms with E-state index >= 15 is 0 Å². The van der Waals surface area contributed by atoms with Crippen LogP contribution in [0.5, 0.6) is 0 Å². The molecule has 0 heterocycles. The Morgan fingerprint density at radius 3 is 2.32 bits per heavy atom. The first-order chi connectivity index (χ1) is 14.8. The monoisotopic (exact) mass is 480 g/mol. The SMILES string of the molecule is Cc1cccc(C(=O)Nc2ccccc2C(=O)OCC(=O)Nc2ccc(C)cc2Br)c1. The van der Waals surface area contributed by atoms with Crippen LogP contribution < -0.4 is 10.6 Å². The topological polar surface area (TPSA) is 84.5 Å². The summed E-state index contributed by atoms with van der Waals surface area (Å²) in [5.41, 5.74) is 3.52. The highest BCUT2D eigenvalue weighted by molar-refractivity contribution is 9.10. The molecule has 3 aromatic carbocycles. The van der Waals surface area contributed by atoms with Gasteiger partial charge in [-0.2, -0.15) is 0 Å². The van der Waals surface area contributed by atoms with Crippen LogP contribution >= 0.6 is 15.9 Å². The minimum Gasteiger partial charge on any atom is -0.452 e. The van der Waals surface area contributed by atoms with Crippen LogP contribution in [0.3, 0.4) is 0 Å². The summed E-state index contributed by atoms with van der Waals surface area (Å²) < 4.78 is 5.89. The van der Waals surface area contributed by atoms with Gasteiger partial charge < -0.3 is 15.4 Å². The van der Waals surface area contributed by atoms with Crippen LogP contribution in [0.1, 0.15) is 31.8 Å². The Hall–Kier alpha value is -3.45. The van der Waals surface area contributed by atoms with E-state index in [1.807, 2.05) is 32.0 Å². The summed E-state index contributed by atoms with van der Waals surface area (Å²) in [5, 5.41) is 5.41. The summed E-state index contributed by atoms with van der Waals surface area (Å²) in [6.07, 6.45) is 0. The standard InChI is InChI=1S/C24H21BrN2O4/c1-15-6-5-7-17(12-15)23(29)27-20-9-4-3-8-18(20)24(30)31-14-22(28)26-21-11-10-16(2)13-19(21)25/h3-13H,14H2,1-2H3,(H,26,28)(H,27,29). The number of carbonyl (C=O) groups excluding carboxylic acids is 3. The summed E-state index contributed by atoms with van der Waals surface area (Å²) in [6.45, 7) is 3.37. The highest BCUT2D eigenvalue weighted by atomic mass is 79.9. The second-order valence-electron chi connectivity index (χ2n) is 6.98. The van der Waals surface area contributed by atoms with E-state index in [1.165, 1.54) is 6.07 Å². The van der Waals surface area contributed by atoms with Gasteiger partial charge in [-0.25, -0.2) is 4.79 Å². The first kappa shape index (κ1) is 22.2. The van der Waals surface area contributed by atoms with Crippen LogP contribution in [0, 0.1) is 13.8 Å². The summed E-state index contributed by atoms with van der Waals surface area (Å²) in [6, 6.07) is 19.1. The molecule has 31 heavy (non-hydrogen) atoms. The average molecular weight is 481 g/mol. The highest BCUT2D eigenvalue weighted by Gasteiger charge is 2.17. The van der Waals surface area contributed by atoms with Gasteiger partial charge in [0.25, 0.3) is 11.8 Å². The lowest BCUT2D eigenvalue weighted by molar-refractivity contribution is -0.119. The minimum absolute atomic E-state index is 0.160. The van der Waals surface area contributed by atoms with Gasteiger partial charge in [-0.15, -0.1) is 0 Å². The van der Waals surface area contributed by atoms with Gasteiger partial charge in [0.2, 0.25) is 0 Å². The molecule has 158 valence electrons. The van der Waals surface area contributed by atoms with Gasteiger partial charge in [0.1, 0.15) is 0 Å². The Morgan fingerprint density at radius 1 is 0.839 bits per heavy atom. The fourth-order valence-corrected chi connectivity index (χ4v) is 3.46. The Bertz CT molecular complexity index is 1140. The van der Waals surface area contributed by atoms with Crippen molar-refractivity contribution in [2.24, 2.45) is 0 Å². The second kappa shape index (κ2) is 10.0. The zero-order valence-electron chi connectivity index (χ0n) is 17.1. The van der Waals surface area contributed by atoms with Crippen molar-refractivity contribution in [1.82, 2.24) is 0 Å². The van der Waals surface area contributed by atoms with E-state index < -0.39 is 18.5 Å². The molecule has 0 fully saturated rings. The van der Waals surface area contributed by atoms with Crippen molar-refractivity contribution in [2.75, 3.05) is 17.2 Å².